The van der Waals surface area contributed by atoms with Crippen molar-refractivity contribution >= 4 is 17.7 Å². The first kappa shape index (κ1) is 13.6. The molecule has 5 nitrogen and oxygen atoms in total. The highest BCUT2D eigenvalue weighted by atomic mass is 32.2. The van der Waals surface area contributed by atoms with Crippen LogP contribution in [0.15, 0.2) is 29.4 Å². The number of thioether (sulfide) groups is 1. The van der Waals surface area contributed by atoms with Gasteiger partial charge in [-0.05, 0) is 38.5 Å². The maximum atomic E-state index is 11.2. The number of carbonyl (C=O) groups excluding carboxylic acids is 1. The summed E-state index contributed by atoms with van der Waals surface area (Å²) in [4.78, 5) is 11.2. The van der Waals surface area contributed by atoms with Gasteiger partial charge in [-0.2, -0.15) is 0 Å². The Kier molecular flexibility index (Phi) is 3.90. The molecule has 0 aliphatic carbocycles. The summed E-state index contributed by atoms with van der Waals surface area (Å²) in [7, 11) is 0. The molecule has 0 spiro atoms. The van der Waals surface area contributed by atoms with Gasteiger partial charge in [0.15, 0.2) is 5.16 Å². The number of amides is 1. The SMILES string of the molecule is Cc1cccc(-n2c(C)nnc2S[C@H](C)C(N)=O)c1. The Bertz CT molecular complexity index is 608. The number of primary amides is 1. The Labute approximate surface area is 116 Å². The molecule has 2 aromatic rings. The predicted molar refractivity (Wildman–Crippen MR) is 75.3 cm³/mol. The minimum absolute atomic E-state index is 0.341. The largest absolute Gasteiger partial charge is 0.369 e. The molecule has 1 atom stereocenters. The van der Waals surface area contributed by atoms with E-state index in [0.29, 0.717) is 5.16 Å². The minimum atomic E-state index is -0.360. The molecule has 100 valence electrons. The summed E-state index contributed by atoms with van der Waals surface area (Å²) in [6, 6.07) is 8.05. The molecule has 0 unspecified atom stereocenters. The van der Waals surface area contributed by atoms with Gasteiger partial charge in [0.2, 0.25) is 5.91 Å². The van der Waals surface area contributed by atoms with E-state index in [2.05, 4.69) is 16.3 Å². The molecule has 1 amide bonds. The van der Waals surface area contributed by atoms with Crippen molar-refractivity contribution in [2.24, 2.45) is 5.73 Å². The van der Waals surface area contributed by atoms with Gasteiger partial charge in [0.1, 0.15) is 5.82 Å². The average Bonchev–Trinajstić information content (AvgIpc) is 2.70. The lowest BCUT2D eigenvalue weighted by atomic mass is 10.2. The van der Waals surface area contributed by atoms with Crippen LogP contribution in [-0.2, 0) is 4.79 Å². The van der Waals surface area contributed by atoms with Crippen LogP contribution in [0.2, 0.25) is 0 Å². The van der Waals surface area contributed by atoms with Gasteiger partial charge in [0.05, 0.1) is 5.25 Å². The molecule has 0 bridgehead atoms. The Morgan fingerprint density at radius 2 is 2.11 bits per heavy atom. The number of nitrogens with two attached hydrogens (primary N) is 1. The van der Waals surface area contributed by atoms with Crippen LogP contribution < -0.4 is 5.73 Å². The summed E-state index contributed by atoms with van der Waals surface area (Å²) < 4.78 is 1.93. The lowest BCUT2D eigenvalue weighted by molar-refractivity contribution is -0.117. The molecule has 0 saturated heterocycles. The van der Waals surface area contributed by atoms with E-state index in [-0.39, 0.29) is 11.2 Å². The predicted octanol–water partition coefficient (Wildman–Crippen LogP) is 1.85. The Hall–Kier alpha value is -1.82. The third-order valence-electron chi connectivity index (χ3n) is 2.74. The first-order chi connectivity index (χ1) is 8.99. The molecule has 0 fully saturated rings. The van der Waals surface area contributed by atoms with Gasteiger partial charge < -0.3 is 5.73 Å². The van der Waals surface area contributed by atoms with Gasteiger partial charge in [-0.15, -0.1) is 10.2 Å². The lowest BCUT2D eigenvalue weighted by Gasteiger charge is -2.11. The zero-order valence-electron chi connectivity index (χ0n) is 11.1. The number of rotatable bonds is 4. The van der Waals surface area contributed by atoms with Crippen molar-refractivity contribution in [2.45, 2.75) is 31.2 Å². The number of hydrogen-bond donors (Lipinski definition) is 1. The second kappa shape index (κ2) is 5.44. The highest BCUT2D eigenvalue weighted by molar-refractivity contribution is 8.00. The van der Waals surface area contributed by atoms with Gasteiger partial charge >= 0.3 is 0 Å². The Balaban J connectivity index is 2.40. The van der Waals surface area contributed by atoms with Crippen LogP contribution >= 0.6 is 11.8 Å². The molecule has 2 rings (SSSR count). The van der Waals surface area contributed by atoms with Gasteiger partial charge in [0.25, 0.3) is 0 Å². The van der Waals surface area contributed by atoms with Crippen molar-refractivity contribution in [3.63, 3.8) is 0 Å². The highest BCUT2D eigenvalue weighted by Crippen LogP contribution is 2.25. The number of aryl methyl sites for hydroxylation is 2. The standard InChI is InChI=1S/C13H16N4OS/c1-8-5-4-6-11(7-8)17-10(3)15-16-13(17)19-9(2)12(14)18/h4-7,9H,1-3H3,(H2,14,18)/t9-/m1/s1. The maximum absolute atomic E-state index is 11.2. The van der Waals surface area contributed by atoms with Crippen molar-refractivity contribution in [3.8, 4) is 5.69 Å². The summed E-state index contributed by atoms with van der Waals surface area (Å²) in [6.07, 6.45) is 0. The Morgan fingerprint density at radius 1 is 1.37 bits per heavy atom. The monoisotopic (exact) mass is 276 g/mol. The second-order valence-corrected chi connectivity index (χ2v) is 5.67. The smallest absolute Gasteiger partial charge is 0.230 e. The number of aromatic nitrogens is 3. The quantitative estimate of drug-likeness (QED) is 0.865. The van der Waals surface area contributed by atoms with E-state index in [0.717, 1.165) is 17.1 Å². The van der Waals surface area contributed by atoms with E-state index in [1.165, 1.54) is 11.8 Å². The highest BCUT2D eigenvalue weighted by Gasteiger charge is 2.17. The molecule has 19 heavy (non-hydrogen) atoms. The first-order valence-electron chi connectivity index (χ1n) is 5.94. The summed E-state index contributed by atoms with van der Waals surface area (Å²) >= 11 is 1.31. The summed E-state index contributed by atoms with van der Waals surface area (Å²) in [5, 5.41) is 8.52. The van der Waals surface area contributed by atoms with E-state index in [1.807, 2.05) is 36.6 Å². The third kappa shape index (κ3) is 2.96. The van der Waals surface area contributed by atoms with Crippen molar-refractivity contribution in [3.05, 3.63) is 35.7 Å². The van der Waals surface area contributed by atoms with Gasteiger partial charge in [-0.1, -0.05) is 23.9 Å². The molecule has 0 aliphatic rings. The second-order valence-electron chi connectivity index (χ2n) is 4.37. The number of benzene rings is 1. The molecule has 1 heterocycles. The maximum Gasteiger partial charge on any atom is 0.230 e. The normalized spacial score (nSPS) is 12.4. The molecule has 1 aromatic carbocycles. The van der Waals surface area contributed by atoms with Crippen molar-refractivity contribution in [1.29, 1.82) is 0 Å². The summed E-state index contributed by atoms with van der Waals surface area (Å²) in [5.41, 5.74) is 7.43. The van der Waals surface area contributed by atoms with Crippen molar-refractivity contribution < 1.29 is 4.79 Å². The molecule has 6 heteroatoms. The van der Waals surface area contributed by atoms with Gasteiger partial charge in [-0.3, -0.25) is 9.36 Å². The van der Waals surface area contributed by atoms with Crippen LogP contribution in [0.3, 0.4) is 0 Å². The lowest BCUT2D eigenvalue weighted by Crippen LogP contribution is -2.23. The number of carbonyl (C=O) groups is 1. The molecular weight excluding hydrogens is 260 g/mol. The fourth-order valence-corrected chi connectivity index (χ4v) is 2.56. The fraction of sp³-hybridized carbons (Fsp3) is 0.308. The zero-order valence-corrected chi connectivity index (χ0v) is 11.9. The number of nitrogens with zero attached hydrogens (tertiary/aromatic N) is 3. The fourth-order valence-electron chi connectivity index (χ4n) is 1.70. The molecule has 0 radical (unpaired) electrons. The third-order valence-corrected chi connectivity index (χ3v) is 3.80. The molecule has 2 N–H and O–H groups in total. The van der Waals surface area contributed by atoms with Crippen molar-refractivity contribution in [2.75, 3.05) is 0 Å². The van der Waals surface area contributed by atoms with E-state index in [4.69, 9.17) is 5.73 Å². The molecule has 1 aromatic heterocycles. The summed E-state index contributed by atoms with van der Waals surface area (Å²) in [6.45, 7) is 5.67. The number of hydrogen-bond acceptors (Lipinski definition) is 4. The van der Waals surface area contributed by atoms with Crippen LogP contribution in [0.5, 0.6) is 0 Å². The molecule has 0 aliphatic heterocycles. The van der Waals surface area contributed by atoms with Crippen molar-refractivity contribution in [1.82, 2.24) is 14.8 Å². The Morgan fingerprint density at radius 3 is 2.74 bits per heavy atom. The van der Waals surface area contributed by atoms with Crippen LogP contribution in [0.25, 0.3) is 5.69 Å². The zero-order chi connectivity index (χ0) is 14.0. The molecular formula is C13H16N4OS. The van der Waals surface area contributed by atoms with Gasteiger partial charge in [0, 0.05) is 5.69 Å². The van der Waals surface area contributed by atoms with E-state index in [9.17, 15) is 4.79 Å². The van der Waals surface area contributed by atoms with Crippen LogP contribution in [0.4, 0.5) is 0 Å². The average molecular weight is 276 g/mol. The van der Waals surface area contributed by atoms with Gasteiger partial charge in [-0.25, -0.2) is 0 Å². The van der Waals surface area contributed by atoms with E-state index < -0.39 is 0 Å². The molecule has 0 saturated carbocycles. The first-order valence-corrected chi connectivity index (χ1v) is 6.82. The van der Waals surface area contributed by atoms with Crippen LogP contribution in [-0.4, -0.2) is 25.9 Å². The summed E-state index contributed by atoms with van der Waals surface area (Å²) in [5.74, 6) is 0.422. The minimum Gasteiger partial charge on any atom is -0.369 e. The van der Waals surface area contributed by atoms with Crippen LogP contribution in [0, 0.1) is 13.8 Å². The topological polar surface area (TPSA) is 73.8 Å². The van der Waals surface area contributed by atoms with E-state index >= 15 is 0 Å². The van der Waals surface area contributed by atoms with Crippen LogP contribution in [0.1, 0.15) is 18.3 Å². The van der Waals surface area contributed by atoms with E-state index in [1.54, 1.807) is 6.92 Å².